The molecule has 5 aromatic carbocycles. The van der Waals surface area contributed by atoms with Gasteiger partial charge in [-0.15, -0.1) is 24.3 Å². The predicted octanol–water partition coefficient (Wildman–Crippen LogP) is 9.17. The van der Waals surface area contributed by atoms with E-state index in [9.17, 15) is 22.7 Å². The van der Waals surface area contributed by atoms with Gasteiger partial charge in [0.2, 0.25) is 0 Å². The van der Waals surface area contributed by atoms with E-state index in [0.29, 0.717) is 17.1 Å². The van der Waals surface area contributed by atoms with E-state index in [1.807, 2.05) is 30.3 Å². The first-order valence-corrected chi connectivity index (χ1v) is 16.2. The Labute approximate surface area is 304 Å². The molecule has 255 valence electrons. The summed E-state index contributed by atoms with van der Waals surface area (Å²) in [6.45, 7) is 0. The number of phenolic OH excluding ortho intramolecular Hbond substituents is 1. The molecule has 0 fully saturated rings. The van der Waals surface area contributed by atoms with Crippen LogP contribution in [-0.2, 0) is 20.1 Å². The number of rotatable bonds is 5. The van der Waals surface area contributed by atoms with E-state index in [-0.39, 0.29) is 38.7 Å². The van der Waals surface area contributed by atoms with E-state index in [1.165, 1.54) is 10.6 Å². The molecule has 3 nitrogen and oxygen atoms in total. The maximum Gasteiger partial charge on any atom is 0.158 e. The summed E-state index contributed by atoms with van der Waals surface area (Å²) in [5.41, 5.74) is 1.27. The molecule has 0 aliphatic heterocycles. The van der Waals surface area contributed by atoms with Crippen LogP contribution in [0, 0.1) is 35.4 Å². The van der Waals surface area contributed by atoms with Crippen molar-refractivity contribution in [3.8, 4) is 28.3 Å². The molecule has 1 radical (unpaired) electrons. The summed E-state index contributed by atoms with van der Waals surface area (Å²) in [4.78, 5) is 7.89. The first-order valence-electron chi connectivity index (χ1n) is 14.7. The van der Waals surface area contributed by atoms with Gasteiger partial charge in [0.25, 0.3) is 0 Å². The van der Waals surface area contributed by atoms with Crippen LogP contribution in [0.4, 0.5) is 17.6 Å². The minimum atomic E-state index is -1.16. The Balaban J connectivity index is 0.000000204. The van der Waals surface area contributed by atoms with Crippen molar-refractivity contribution in [1.82, 2.24) is 9.97 Å². The van der Waals surface area contributed by atoms with Gasteiger partial charge >= 0.3 is 0 Å². The zero-order valence-corrected chi connectivity index (χ0v) is 29.1. The van der Waals surface area contributed by atoms with Gasteiger partial charge in [-0.1, -0.05) is 103 Å². The SMILES string of the molecule is C.Fc1c[c-]c(-c2ccccn2)c(F)c1.Fc1c[c-]c(-c2ccccn2)c(F)c1.Oc1ccccc1[PH+](c1ccccc1)c1ccccc1.[Ir]. The van der Waals surface area contributed by atoms with Gasteiger partial charge in [0.05, 0.1) is 0 Å². The largest absolute Gasteiger partial charge is 0.504 e. The Bertz CT molecular complexity index is 1920. The quantitative estimate of drug-likeness (QED) is 0.107. The number of aromatic hydroxyl groups is 1. The second kappa shape index (κ2) is 19.9. The van der Waals surface area contributed by atoms with Gasteiger partial charge in [0, 0.05) is 55.8 Å². The number of hydrogen-bond donors (Lipinski definition) is 1. The first-order chi connectivity index (χ1) is 23.4. The molecule has 0 bridgehead atoms. The van der Waals surface area contributed by atoms with Crippen LogP contribution in [0.25, 0.3) is 22.5 Å². The minimum absolute atomic E-state index is 0. The summed E-state index contributed by atoms with van der Waals surface area (Å²) in [6.07, 6.45) is 3.10. The van der Waals surface area contributed by atoms with Crippen molar-refractivity contribution in [1.29, 1.82) is 0 Å². The van der Waals surface area contributed by atoms with Crippen LogP contribution in [0.1, 0.15) is 7.43 Å². The summed E-state index contributed by atoms with van der Waals surface area (Å²) in [5.74, 6) is -2.19. The van der Waals surface area contributed by atoms with Gasteiger partial charge in [-0.2, -0.15) is 0 Å². The zero-order valence-electron chi connectivity index (χ0n) is 25.7. The predicted molar refractivity (Wildman–Crippen MR) is 192 cm³/mol. The van der Waals surface area contributed by atoms with E-state index in [4.69, 9.17) is 0 Å². The summed E-state index contributed by atoms with van der Waals surface area (Å²) >= 11 is 0. The van der Waals surface area contributed by atoms with Crippen LogP contribution in [0.5, 0.6) is 5.75 Å². The zero-order chi connectivity index (χ0) is 33.7. The monoisotopic (exact) mass is 868 g/mol. The number of para-hydroxylation sites is 1. The molecule has 0 amide bonds. The molecule has 0 unspecified atom stereocenters. The van der Waals surface area contributed by atoms with Gasteiger partial charge in [-0.3, -0.25) is 17.6 Å². The fraction of sp³-hybridized carbons (Fsp3) is 0.0244. The van der Waals surface area contributed by atoms with Crippen molar-refractivity contribution >= 4 is 23.8 Å². The van der Waals surface area contributed by atoms with Gasteiger partial charge in [0.15, 0.2) is 5.75 Å². The average Bonchev–Trinajstić information content (AvgIpc) is 3.12. The van der Waals surface area contributed by atoms with Gasteiger partial charge in [0.1, 0.15) is 23.8 Å². The second-order valence-corrected chi connectivity index (χ2v) is 12.6. The van der Waals surface area contributed by atoms with Crippen molar-refractivity contribution in [2.24, 2.45) is 0 Å². The van der Waals surface area contributed by atoms with E-state index >= 15 is 0 Å². The fourth-order valence-corrected chi connectivity index (χ4v) is 7.29. The van der Waals surface area contributed by atoms with Crippen molar-refractivity contribution in [2.75, 3.05) is 0 Å². The number of pyridine rings is 2. The number of phenols is 1. The molecule has 0 spiro atoms. The Morgan fingerprint density at radius 3 is 1.30 bits per heavy atom. The maximum absolute atomic E-state index is 13.2. The standard InChI is InChI=1S/C18H15OP.2C11H6F2N.CH4.Ir/c19-17-13-7-8-14-18(17)20(15-9-3-1-4-10-15)16-11-5-2-6-12-16;2*12-8-4-5-9(10(13)7-8)11-3-1-2-6-14-11;;/h1-14,19H;2*1-4,6-7H;1H4;/q;2*-1;;/p+1. The number of benzene rings is 5. The summed E-state index contributed by atoms with van der Waals surface area (Å²) < 4.78 is 51.6. The minimum Gasteiger partial charge on any atom is -0.504 e. The Morgan fingerprint density at radius 2 is 0.920 bits per heavy atom. The number of aromatic nitrogens is 2. The van der Waals surface area contributed by atoms with Crippen LogP contribution in [-0.4, -0.2) is 15.1 Å². The Morgan fingerprint density at radius 1 is 0.520 bits per heavy atom. The molecule has 7 aromatic rings. The second-order valence-electron chi connectivity index (χ2n) is 10.1. The Kier molecular flexibility index (Phi) is 15.7. The summed E-state index contributed by atoms with van der Waals surface area (Å²) in [6, 6.07) is 47.6. The van der Waals surface area contributed by atoms with E-state index in [0.717, 1.165) is 29.6 Å². The average molecular weight is 868 g/mol. The van der Waals surface area contributed by atoms with Crippen LogP contribution in [0.15, 0.2) is 158 Å². The molecular formula is C41H32F4IrN2OP-. The summed E-state index contributed by atoms with van der Waals surface area (Å²) in [5, 5.41) is 13.8. The number of nitrogens with zero attached hydrogens (tertiary/aromatic N) is 2. The molecule has 0 saturated heterocycles. The van der Waals surface area contributed by atoms with Crippen molar-refractivity contribution in [3.63, 3.8) is 0 Å². The van der Waals surface area contributed by atoms with Crippen molar-refractivity contribution in [3.05, 3.63) is 193 Å². The molecule has 0 aliphatic rings. The first kappa shape index (κ1) is 39.4. The van der Waals surface area contributed by atoms with Gasteiger partial charge in [-0.05, 0) is 59.9 Å². The van der Waals surface area contributed by atoms with Crippen molar-refractivity contribution < 1.29 is 42.8 Å². The molecule has 0 atom stereocenters. The Hall–Kier alpha value is -5.00. The molecule has 50 heavy (non-hydrogen) atoms. The van der Waals surface area contributed by atoms with Crippen LogP contribution in [0.3, 0.4) is 0 Å². The van der Waals surface area contributed by atoms with Crippen LogP contribution < -0.4 is 15.9 Å². The molecule has 0 saturated carbocycles. The van der Waals surface area contributed by atoms with Crippen molar-refractivity contribution in [2.45, 2.75) is 7.43 Å². The van der Waals surface area contributed by atoms with E-state index < -0.39 is 31.2 Å². The third-order valence-electron chi connectivity index (χ3n) is 6.86. The maximum atomic E-state index is 13.2. The molecule has 0 aliphatic carbocycles. The molecule has 2 aromatic heterocycles. The van der Waals surface area contributed by atoms with Gasteiger partial charge < -0.3 is 15.1 Å². The van der Waals surface area contributed by atoms with Gasteiger partial charge in [-0.25, -0.2) is 0 Å². The number of hydrogen-bond acceptors (Lipinski definition) is 3. The van der Waals surface area contributed by atoms with E-state index in [2.05, 4.69) is 70.6 Å². The normalized spacial score (nSPS) is 9.94. The van der Waals surface area contributed by atoms with Crippen LogP contribution in [0.2, 0.25) is 0 Å². The van der Waals surface area contributed by atoms with E-state index in [1.54, 1.807) is 54.9 Å². The molecule has 1 N–H and O–H groups in total. The number of halogens is 4. The molecule has 9 heteroatoms. The summed E-state index contributed by atoms with van der Waals surface area (Å²) in [7, 11) is -1.16. The third-order valence-corrected chi connectivity index (χ3v) is 9.64. The topological polar surface area (TPSA) is 46.0 Å². The fourth-order valence-electron chi connectivity index (χ4n) is 4.68. The third kappa shape index (κ3) is 10.7. The van der Waals surface area contributed by atoms with Crippen LogP contribution >= 0.6 is 7.92 Å². The smallest absolute Gasteiger partial charge is 0.158 e. The molecule has 7 rings (SSSR count). The molecule has 2 heterocycles. The molecular weight excluding hydrogens is 836 g/mol.